The van der Waals surface area contributed by atoms with E-state index in [9.17, 15) is 4.79 Å². The molecule has 0 aliphatic heterocycles. The Morgan fingerprint density at radius 1 is 1.04 bits per heavy atom. The van der Waals surface area contributed by atoms with Crippen molar-refractivity contribution in [2.75, 3.05) is 5.32 Å². The predicted octanol–water partition coefficient (Wildman–Crippen LogP) is 4.50. The molecule has 4 aromatic rings. The Bertz CT molecular complexity index is 1040. The van der Waals surface area contributed by atoms with Crippen LogP contribution in [0.3, 0.4) is 0 Å². The van der Waals surface area contributed by atoms with Crippen molar-refractivity contribution >= 4 is 50.1 Å². The van der Waals surface area contributed by atoms with Crippen molar-refractivity contribution in [3.05, 3.63) is 71.9 Å². The van der Waals surface area contributed by atoms with Crippen molar-refractivity contribution in [2.45, 2.75) is 0 Å². The molecule has 0 bridgehead atoms. The summed E-state index contributed by atoms with van der Waals surface area (Å²) in [7, 11) is 0. The van der Waals surface area contributed by atoms with Crippen LogP contribution in [0.4, 0.5) is 5.69 Å². The fourth-order valence-electron chi connectivity index (χ4n) is 2.43. The second kappa shape index (κ2) is 6.22. The van der Waals surface area contributed by atoms with Crippen LogP contribution in [0.5, 0.6) is 0 Å². The van der Waals surface area contributed by atoms with Crippen LogP contribution in [0.15, 0.2) is 66.9 Å². The summed E-state index contributed by atoms with van der Waals surface area (Å²) in [5.74, 6) is -0.202. The number of fused-ring (bicyclic) bond motifs is 2. The Labute approximate surface area is 142 Å². The average Bonchev–Trinajstić information content (AvgIpc) is 3.03. The van der Waals surface area contributed by atoms with E-state index in [0.29, 0.717) is 5.69 Å². The summed E-state index contributed by atoms with van der Waals surface area (Å²) >= 11 is 1.56. The highest BCUT2D eigenvalue weighted by molar-refractivity contribution is 7.19. The summed E-state index contributed by atoms with van der Waals surface area (Å²) in [5, 5.41) is 4.63. The molecule has 0 saturated heterocycles. The molecule has 24 heavy (non-hydrogen) atoms. The van der Waals surface area contributed by atoms with Gasteiger partial charge in [0.05, 0.1) is 27.6 Å². The molecule has 5 heteroatoms. The molecule has 4 rings (SSSR count). The van der Waals surface area contributed by atoms with E-state index in [-0.39, 0.29) is 5.91 Å². The number of rotatable bonds is 3. The summed E-state index contributed by atoms with van der Waals surface area (Å²) in [6, 6.07) is 17.6. The summed E-state index contributed by atoms with van der Waals surface area (Å²) in [5.41, 5.74) is 2.52. The Hall–Kier alpha value is -3.05. The van der Waals surface area contributed by atoms with Crippen LogP contribution in [0.1, 0.15) is 5.01 Å². The highest BCUT2D eigenvalue weighted by Gasteiger charge is 2.03. The second-order valence-corrected chi connectivity index (χ2v) is 6.32. The number of para-hydroxylation sites is 2. The largest absolute Gasteiger partial charge is 0.321 e. The first-order valence-electron chi connectivity index (χ1n) is 7.47. The number of pyridine rings is 1. The van der Waals surface area contributed by atoms with Gasteiger partial charge in [0, 0.05) is 11.5 Å². The van der Waals surface area contributed by atoms with E-state index in [1.165, 1.54) is 6.08 Å². The van der Waals surface area contributed by atoms with Crippen molar-refractivity contribution < 1.29 is 4.79 Å². The highest BCUT2D eigenvalue weighted by Crippen LogP contribution is 2.22. The number of carbonyl (C=O) groups excluding carboxylic acids is 1. The average molecular weight is 331 g/mol. The van der Waals surface area contributed by atoms with Gasteiger partial charge >= 0.3 is 0 Å². The monoisotopic (exact) mass is 331 g/mol. The minimum Gasteiger partial charge on any atom is -0.321 e. The van der Waals surface area contributed by atoms with Crippen LogP contribution in [0, 0.1) is 0 Å². The third-order valence-corrected chi connectivity index (χ3v) is 4.55. The highest BCUT2D eigenvalue weighted by atomic mass is 32.1. The van der Waals surface area contributed by atoms with Crippen LogP contribution in [-0.4, -0.2) is 15.9 Å². The summed E-state index contributed by atoms with van der Waals surface area (Å²) in [6.07, 6.45) is 4.88. The van der Waals surface area contributed by atoms with Gasteiger partial charge in [0.1, 0.15) is 5.01 Å². The maximum absolute atomic E-state index is 12.1. The SMILES string of the molecule is O=C(/C=C/c1nc2ccccc2s1)Nc1cnc2ccccc2c1. The van der Waals surface area contributed by atoms with E-state index < -0.39 is 0 Å². The van der Waals surface area contributed by atoms with Gasteiger partial charge in [-0.15, -0.1) is 11.3 Å². The summed E-state index contributed by atoms with van der Waals surface area (Å²) in [4.78, 5) is 20.9. The van der Waals surface area contributed by atoms with Crippen LogP contribution >= 0.6 is 11.3 Å². The lowest BCUT2D eigenvalue weighted by atomic mass is 10.2. The number of nitrogens with zero attached hydrogens (tertiary/aromatic N) is 2. The normalized spacial score (nSPS) is 11.3. The maximum atomic E-state index is 12.1. The van der Waals surface area contributed by atoms with E-state index in [4.69, 9.17) is 0 Å². The molecule has 0 saturated carbocycles. The number of carbonyl (C=O) groups is 1. The number of hydrogen-bond donors (Lipinski definition) is 1. The molecule has 0 unspecified atom stereocenters. The lowest BCUT2D eigenvalue weighted by Gasteiger charge is -2.03. The van der Waals surface area contributed by atoms with E-state index in [1.54, 1.807) is 23.6 Å². The fraction of sp³-hybridized carbons (Fsp3) is 0. The van der Waals surface area contributed by atoms with Gasteiger partial charge in [0.25, 0.3) is 0 Å². The molecule has 2 aromatic heterocycles. The molecule has 0 radical (unpaired) electrons. The number of hydrogen-bond acceptors (Lipinski definition) is 4. The molecule has 0 atom stereocenters. The molecule has 0 fully saturated rings. The van der Waals surface area contributed by atoms with Gasteiger partial charge in [0.2, 0.25) is 5.91 Å². The van der Waals surface area contributed by atoms with Gasteiger partial charge in [-0.05, 0) is 30.3 Å². The lowest BCUT2D eigenvalue weighted by Crippen LogP contribution is -2.07. The zero-order valence-electron chi connectivity index (χ0n) is 12.6. The fourth-order valence-corrected chi connectivity index (χ4v) is 3.30. The number of amides is 1. The minimum atomic E-state index is -0.202. The van der Waals surface area contributed by atoms with Crippen LogP contribution in [0.25, 0.3) is 27.2 Å². The quantitative estimate of drug-likeness (QED) is 0.563. The van der Waals surface area contributed by atoms with E-state index in [2.05, 4.69) is 15.3 Å². The Kier molecular flexibility index (Phi) is 3.76. The summed E-state index contributed by atoms with van der Waals surface area (Å²) in [6.45, 7) is 0. The number of benzene rings is 2. The topological polar surface area (TPSA) is 54.9 Å². The van der Waals surface area contributed by atoms with Crippen molar-refractivity contribution in [3.63, 3.8) is 0 Å². The Morgan fingerprint density at radius 3 is 2.71 bits per heavy atom. The molecule has 0 aliphatic carbocycles. The van der Waals surface area contributed by atoms with Gasteiger partial charge in [-0.1, -0.05) is 30.3 Å². The number of thiazole rings is 1. The van der Waals surface area contributed by atoms with Crippen molar-refractivity contribution in [1.29, 1.82) is 0 Å². The molecule has 0 spiro atoms. The van der Waals surface area contributed by atoms with Crippen molar-refractivity contribution in [2.24, 2.45) is 0 Å². The first-order valence-corrected chi connectivity index (χ1v) is 8.29. The third kappa shape index (κ3) is 3.02. The Balaban J connectivity index is 1.50. The zero-order valence-corrected chi connectivity index (χ0v) is 13.5. The van der Waals surface area contributed by atoms with Gasteiger partial charge in [0.15, 0.2) is 0 Å². The van der Waals surface area contributed by atoms with Crippen LogP contribution < -0.4 is 5.32 Å². The number of aromatic nitrogens is 2. The minimum absolute atomic E-state index is 0.202. The van der Waals surface area contributed by atoms with E-state index in [1.807, 2.05) is 54.6 Å². The molecule has 4 nitrogen and oxygen atoms in total. The van der Waals surface area contributed by atoms with E-state index in [0.717, 1.165) is 26.1 Å². The lowest BCUT2D eigenvalue weighted by molar-refractivity contribution is -0.111. The number of nitrogens with one attached hydrogen (secondary N) is 1. The van der Waals surface area contributed by atoms with Crippen molar-refractivity contribution in [1.82, 2.24) is 9.97 Å². The zero-order chi connectivity index (χ0) is 16.4. The van der Waals surface area contributed by atoms with Crippen LogP contribution in [-0.2, 0) is 4.79 Å². The second-order valence-electron chi connectivity index (χ2n) is 5.26. The molecule has 2 aromatic carbocycles. The standard InChI is InChI=1S/C19H13N3OS/c23-18(9-10-19-22-16-7-3-4-8-17(16)24-19)21-14-11-13-5-1-2-6-15(13)20-12-14/h1-12H,(H,21,23)/b10-9+. The molecular formula is C19H13N3OS. The molecule has 2 heterocycles. The summed E-state index contributed by atoms with van der Waals surface area (Å²) < 4.78 is 1.11. The molecular weight excluding hydrogens is 318 g/mol. The molecule has 1 N–H and O–H groups in total. The maximum Gasteiger partial charge on any atom is 0.248 e. The predicted molar refractivity (Wildman–Crippen MR) is 99.0 cm³/mol. The molecule has 1 amide bonds. The van der Waals surface area contributed by atoms with Gasteiger partial charge in [-0.3, -0.25) is 9.78 Å². The molecule has 0 aliphatic rings. The first kappa shape index (κ1) is 14.5. The van der Waals surface area contributed by atoms with Gasteiger partial charge in [-0.25, -0.2) is 4.98 Å². The number of anilines is 1. The van der Waals surface area contributed by atoms with E-state index >= 15 is 0 Å². The Morgan fingerprint density at radius 2 is 1.83 bits per heavy atom. The first-order chi connectivity index (χ1) is 11.8. The molecule has 116 valence electrons. The smallest absolute Gasteiger partial charge is 0.248 e. The third-order valence-electron chi connectivity index (χ3n) is 3.55. The van der Waals surface area contributed by atoms with Crippen LogP contribution in [0.2, 0.25) is 0 Å². The van der Waals surface area contributed by atoms with Gasteiger partial charge < -0.3 is 5.32 Å². The van der Waals surface area contributed by atoms with Gasteiger partial charge in [-0.2, -0.15) is 0 Å². The van der Waals surface area contributed by atoms with Crippen molar-refractivity contribution in [3.8, 4) is 0 Å².